The van der Waals surface area contributed by atoms with Crippen LogP contribution in [0.4, 0.5) is 33.1 Å². The average molecular weight is 413 g/mol. The van der Waals surface area contributed by atoms with Crippen LogP contribution in [0.5, 0.6) is 5.75 Å². The molecule has 1 unspecified atom stereocenters. The van der Waals surface area contributed by atoms with Gasteiger partial charge in [0.1, 0.15) is 16.3 Å². The number of ether oxygens (including phenoxy) is 1. The Morgan fingerprint density at radius 1 is 1.42 bits per heavy atom. The molecule has 1 heterocycles. The van der Waals surface area contributed by atoms with Gasteiger partial charge in [-0.1, -0.05) is 18.2 Å². The summed E-state index contributed by atoms with van der Waals surface area (Å²) in [6.45, 7) is 7.91. The molecule has 0 aliphatic rings. The molecule has 0 aliphatic heterocycles. The number of hydrogen-bond acceptors (Lipinski definition) is 3. The quantitative estimate of drug-likeness (QED) is 0.321. The highest BCUT2D eigenvalue weighted by Crippen LogP contribution is 2.45. The minimum absolute atomic E-state index is 0.232. The standard InChI is InChI=1S/C14H10ClF5N4OS/c1-6(16)26(20)11-12(21)24(23-13(11)22-2)10-8(15)4-7(14(17,18)19)5-9(10)25-3/h4-5H,21H2,1,3H3. The SMILES string of the molecule is [C-]#[N+]c1nn(-c2c(Cl)cc(C(F)(F)F)cc2OC)c(N)c1/S(F)=C(/C)F. The van der Waals surface area contributed by atoms with E-state index in [1.807, 2.05) is 0 Å². The van der Waals surface area contributed by atoms with Crippen LogP contribution in [0.2, 0.25) is 5.02 Å². The van der Waals surface area contributed by atoms with Crippen LogP contribution < -0.4 is 10.5 Å². The smallest absolute Gasteiger partial charge is 0.416 e. The topological polar surface area (TPSA) is 57.4 Å². The van der Waals surface area contributed by atoms with Crippen molar-refractivity contribution in [3.63, 3.8) is 0 Å². The van der Waals surface area contributed by atoms with Crippen LogP contribution in [-0.4, -0.2) is 22.0 Å². The molecule has 0 fully saturated rings. The van der Waals surface area contributed by atoms with Crippen molar-refractivity contribution in [2.45, 2.75) is 18.0 Å². The fraction of sp³-hybridized carbons (Fsp3) is 0.214. The summed E-state index contributed by atoms with van der Waals surface area (Å²) in [4.78, 5) is 2.47. The molecule has 0 saturated heterocycles. The van der Waals surface area contributed by atoms with E-state index in [1.54, 1.807) is 0 Å². The van der Waals surface area contributed by atoms with E-state index in [1.165, 1.54) is 0 Å². The third-order valence-corrected chi connectivity index (χ3v) is 4.71. The van der Waals surface area contributed by atoms with Crippen molar-refractivity contribution >= 4 is 39.2 Å². The van der Waals surface area contributed by atoms with Crippen LogP contribution in [0.3, 0.4) is 0 Å². The summed E-state index contributed by atoms with van der Waals surface area (Å²) in [5.41, 5.74) is 4.46. The Balaban J connectivity index is 2.82. The lowest BCUT2D eigenvalue weighted by Crippen LogP contribution is -2.09. The van der Waals surface area contributed by atoms with Gasteiger partial charge < -0.3 is 15.3 Å². The number of nitrogens with two attached hydrogens (primary N) is 1. The van der Waals surface area contributed by atoms with Gasteiger partial charge in [-0.25, -0.2) is 4.39 Å². The molecule has 1 atom stereocenters. The van der Waals surface area contributed by atoms with Crippen molar-refractivity contribution in [2.24, 2.45) is 0 Å². The number of hydrogen-bond donors (Lipinski definition) is 1. The first-order valence-electron chi connectivity index (χ1n) is 6.63. The Morgan fingerprint density at radius 3 is 2.50 bits per heavy atom. The van der Waals surface area contributed by atoms with Crippen LogP contribution in [-0.2, 0) is 6.18 Å². The van der Waals surface area contributed by atoms with Crippen LogP contribution >= 0.6 is 22.5 Å². The zero-order valence-electron chi connectivity index (χ0n) is 13.2. The van der Waals surface area contributed by atoms with E-state index in [4.69, 9.17) is 28.6 Å². The third kappa shape index (κ3) is 3.47. The maximum absolute atomic E-state index is 14.1. The van der Waals surface area contributed by atoms with Gasteiger partial charge in [-0.15, -0.1) is 4.68 Å². The van der Waals surface area contributed by atoms with Crippen molar-refractivity contribution in [2.75, 3.05) is 12.8 Å². The highest BCUT2D eigenvalue weighted by Gasteiger charge is 2.34. The molecule has 0 radical (unpaired) electrons. The van der Waals surface area contributed by atoms with Crippen molar-refractivity contribution in [1.29, 1.82) is 0 Å². The summed E-state index contributed by atoms with van der Waals surface area (Å²) in [6.07, 6.45) is -4.69. The Bertz CT molecular complexity index is 944. The van der Waals surface area contributed by atoms with Crippen molar-refractivity contribution < 1.29 is 26.2 Å². The first kappa shape index (κ1) is 20.0. The first-order valence-corrected chi connectivity index (χ1v) is 8.13. The normalized spacial score (nSPS) is 13.3. The predicted molar refractivity (Wildman–Crippen MR) is 89.6 cm³/mol. The van der Waals surface area contributed by atoms with E-state index in [9.17, 15) is 21.4 Å². The molecule has 0 saturated carbocycles. The molecule has 2 rings (SSSR count). The Labute approximate surface area is 152 Å². The number of benzene rings is 1. The molecule has 2 aromatic rings. The van der Waals surface area contributed by atoms with Gasteiger partial charge in [0.05, 0.1) is 17.7 Å². The Morgan fingerprint density at radius 2 is 2.04 bits per heavy atom. The zero-order chi connectivity index (χ0) is 19.8. The van der Waals surface area contributed by atoms with E-state index in [-0.39, 0.29) is 11.4 Å². The van der Waals surface area contributed by atoms with Crippen LogP contribution in [0.1, 0.15) is 12.5 Å². The van der Waals surface area contributed by atoms with E-state index in [0.29, 0.717) is 12.1 Å². The van der Waals surface area contributed by atoms with E-state index in [0.717, 1.165) is 18.7 Å². The summed E-state index contributed by atoms with van der Waals surface area (Å²) in [7, 11) is -1.54. The first-order chi connectivity index (χ1) is 12.0. The van der Waals surface area contributed by atoms with E-state index < -0.39 is 49.3 Å². The number of methoxy groups -OCH3 is 1. The van der Waals surface area contributed by atoms with Gasteiger partial charge in [0, 0.05) is 10.9 Å². The van der Waals surface area contributed by atoms with Gasteiger partial charge in [0.25, 0.3) is 0 Å². The summed E-state index contributed by atoms with van der Waals surface area (Å²) in [6, 6.07) is 1.26. The summed E-state index contributed by atoms with van der Waals surface area (Å²) in [5, 5.41) is 2.16. The number of alkyl halides is 3. The number of aromatic nitrogens is 2. The van der Waals surface area contributed by atoms with Crippen LogP contribution in [0.15, 0.2) is 17.0 Å². The second-order valence-electron chi connectivity index (χ2n) is 4.79. The van der Waals surface area contributed by atoms with E-state index >= 15 is 0 Å². The van der Waals surface area contributed by atoms with Crippen molar-refractivity contribution in [3.05, 3.63) is 34.1 Å². The predicted octanol–water partition coefficient (Wildman–Crippen LogP) is 5.32. The van der Waals surface area contributed by atoms with Crippen LogP contribution in [0, 0.1) is 6.57 Å². The molecular weight excluding hydrogens is 403 g/mol. The largest absolute Gasteiger partial charge is 0.494 e. The van der Waals surface area contributed by atoms with E-state index in [2.05, 4.69) is 9.94 Å². The molecule has 12 heteroatoms. The molecule has 0 bridgehead atoms. The third-order valence-electron chi connectivity index (χ3n) is 3.18. The van der Waals surface area contributed by atoms with Crippen molar-refractivity contribution in [3.8, 4) is 11.4 Å². The molecule has 0 spiro atoms. The lowest BCUT2D eigenvalue weighted by atomic mass is 10.1. The number of rotatable bonds is 3. The average Bonchev–Trinajstić information content (AvgIpc) is 2.88. The number of nitrogens with zero attached hydrogens (tertiary/aromatic N) is 3. The summed E-state index contributed by atoms with van der Waals surface area (Å²) in [5.74, 6) is -1.37. The molecule has 1 aromatic carbocycles. The van der Waals surface area contributed by atoms with Gasteiger partial charge in [-0.3, -0.25) is 0 Å². The van der Waals surface area contributed by atoms with Crippen molar-refractivity contribution in [1.82, 2.24) is 9.78 Å². The second kappa shape index (κ2) is 7.13. The van der Waals surface area contributed by atoms with Gasteiger partial charge in [-0.05, 0) is 24.2 Å². The summed E-state index contributed by atoms with van der Waals surface area (Å²) >= 11 is 5.93. The second-order valence-corrected chi connectivity index (χ2v) is 6.69. The van der Waals surface area contributed by atoms with Gasteiger partial charge in [0.2, 0.25) is 0 Å². The number of nitrogen functional groups attached to an aromatic ring is 1. The molecule has 0 aliphatic carbocycles. The number of halogens is 6. The zero-order valence-corrected chi connectivity index (χ0v) is 14.7. The van der Waals surface area contributed by atoms with Gasteiger partial charge in [0.15, 0.2) is 10.9 Å². The molecule has 5 nitrogen and oxygen atoms in total. The lowest BCUT2D eigenvalue weighted by molar-refractivity contribution is -0.137. The maximum atomic E-state index is 14.1. The molecule has 0 amide bonds. The van der Waals surface area contributed by atoms with Gasteiger partial charge in [-0.2, -0.15) is 17.1 Å². The molecule has 2 N–H and O–H groups in total. The maximum Gasteiger partial charge on any atom is 0.416 e. The highest BCUT2D eigenvalue weighted by molar-refractivity contribution is 8.11. The minimum atomic E-state index is -4.69. The van der Waals surface area contributed by atoms with Gasteiger partial charge >= 0.3 is 12.0 Å². The molecular formula is C14H10ClF5N4OS. The number of anilines is 1. The minimum Gasteiger partial charge on any atom is -0.494 e. The van der Waals surface area contributed by atoms with Crippen LogP contribution in [0.25, 0.3) is 10.5 Å². The fourth-order valence-electron chi connectivity index (χ4n) is 2.06. The lowest BCUT2D eigenvalue weighted by Gasteiger charge is -2.14. The Hall–Kier alpha value is -2.32. The fourth-order valence-corrected chi connectivity index (χ4v) is 3.15. The Kier molecular flexibility index (Phi) is 5.48. The molecule has 1 aromatic heterocycles. The monoisotopic (exact) mass is 412 g/mol. The molecule has 140 valence electrons. The highest BCUT2D eigenvalue weighted by atomic mass is 35.5. The molecule has 26 heavy (non-hydrogen) atoms. The summed E-state index contributed by atoms with van der Waals surface area (Å²) < 4.78 is 71.8.